The van der Waals surface area contributed by atoms with Crippen molar-refractivity contribution in [3.8, 4) is 6.07 Å². The second-order valence-corrected chi connectivity index (χ2v) is 5.38. The average Bonchev–Trinajstić information content (AvgIpc) is 2.47. The fraction of sp³-hybridized carbons (Fsp3) is 0.533. The molecule has 1 aliphatic heterocycles. The van der Waals surface area contributed by atoms with Gasteiger partial charge in [0.05, 0.1) is 5.41 Å². The van der Waals surface area contributed by atoms with Crippen molar-refractivity contribution in [2.45, 2.75) is 32.7 Å². The Morgan fingerprint density at radius 3 is 3.10 bits per heavy atom. The van der Waals surface area contributed by atoms with Gasteiger partial charge in [-0.05, 0) is 31.9 Å². The van der Waals surface area contributed by atoms with Crippen LogP contribution in [0.5, 0.6) is 0 Å². The number of likely N-dealkylation sites (tertiary alicyclic amines) is 1. The number of aromatic nitrogens is 1. The fourth-order valence-corrected chi connectivity index (χ4v) is 2.88. The van der Waals surface area contributed by atoms with Crippen molar-refractivity contribution in [3.63, 3.8) is 0 Å². The molecule has 0 aliphatic carbocycles. The molecule has 1 saturated heterocycles. The third-order valence-electron chi connectivity index (χ3n) is 4.18. The van der Waals surface area contributed by atoms with Crippen LogP contribution in [0.2, 0.25) is 0 Å². The lowest BCUT2D eigenvalue weighted by Crippen LogP contribution is -2.47. The van der Waals surface area contributed by atoms with E-state index in [1.54, 1.807) is 6.20 Å². The molecule has 1 atom stereocenters. The highest BCUT2D eigenvalue weighted by Gasteiger charge is 2.40. The number of nitriles is 1. The minimum atomic E-state index is -0.712. The van der Waals surface area contributed by atoms with E-state index in [0.717, 1.165) is 24.9 Å². The molecule has 2 rings (SSSR count). The Morgan fingerprint density at radius 2 is 2.45 bits per heavy atom. The van der Waals surface area contributed by atoms with E-state index >= 15 is 0 Å². The van der Waals surface area contributed by atoms with Crippen LogP contribution in [0.1, 0.15) is 37.4 Å². The largest absolute Gasteiger partial charge is 0.481 e. The standard InChI is InChI=1S/C15H19N3O2/c1-2-15(14(19)20)6-4-8-18(11-15)10-12-5-3-7-17-13(12)9-16/h3,5,7H,2,4,6,8,10-11H2,1H3,(H,19,20). The summed E-state index contributed by atoms with van der Waals surface area (Å²) in [6, 6.07) is 5.78. The minimum Gasteiger partial charge on any atom is -0.481 e. The highest BCUT2D eigenvalue weighted by Crippen LogP contribution is 2.34. The molecule has 1 aliphatic rings. The van der Waals surface area contributed by atoms with Gasteiger partial charge in [-0.3, -0.25) is 9.69 Å². The molecule has 1 fully saturated rings. The summed E-state index contributed by atoms with van der Waals surface area (Å²) in [5.74, 6) is -0.712. The molecule has 1 N–H and O–H groups in total. The smallest absolute Gasteiger partial charge is 0.310 e. The number of carbonyl (C=O) groups is 1. The lowest BCUT2D eigenvalue weighted by Gasteiger charge is -2.39. The van der Waals surface area contributed by atoms with E-state index in [4.69, 9.17) is 5.26 Å². The second kappa shape index (κ2) is 6.02. The van der Waals surface area contributed by atoms with Gasteiger partial charge in [0.25, 0.3) is 0 Å². The number of aliphatic carboxylic acids is 1. The highest BCUT2D eigenvalue weighted by molar-refractivity contribution is 5.75. The molecular weight excluding hydrogens is 254 g/mol. The first-order valence-corrected chi connectivity index (χ1v) is 6.91. The number of rotatable bonds is 4. The molecule has 1 unspecified atom stereocenters. The van der Waals surface area contributed by atoms with E-state index in [1.165, 1.54) is 0 Å². The van der Waals surface area contributed by atoms with E-state index in [-0.39, 0.29) is 0 Å². The van der Waals surface area contributed by atoms with Gasteiger partial charge >= 0.3 is 5.97 Å². The summed E-state index contributed by atoms with van der Waals surface area (Å²) >= 11 is 0. The van der Waals surface area contributed by atoms with Crippen LogP contribution in [0.3, 0.4) is 0 Å². The van der Waals surface area contributed by atoms with Crippen molar-refractivity contribution in [2.75, 3.05) is 13.1 Å². The highest BCUT2D eigenvalue weighted by atomic mass is 16.4. The van der Waals surface area contributed by atoms with Gasteiger partial charge < -0.3 is 5.11 Å². The number of pyridine rings is 1. The normalized spacial score (nSPS) is 23.2. The number of carboxylic acids is 1. The van der Waals surface area contributed by atoms with Crippen LogP contribution < -0.4 is 0 Å². The molecule has 5 heteroatoms. The molecule has 0 radical (unpaired) electrons. The molecule has 0 saturated carbocycles. The molecule has 0 bridgehead atoms. The van der Waals surface area contributed by atoms with Crippen molar-refractivity contribution in [3.05, 3.63) is 29.6 Å². The van der Waals surface area contributed by atoms with Crippen molar-refractivity contribution in [2.24, 2.45) is 5.41 Å². The number of nitrogens with zero attached hydrogens (tertiary/aromatic N) is 3. The van der Waals surface area contributed by atoms with Crippen LogP contribution >= 0.6 is 0 Å². The Balaban J connectivity index is 2.14. The van der Waals surface area contributed by atoms with Gasteiger partial charge in [0.2, 0.25) is 0 Å². The lowest BCUT2D eigenvalue weighted by molar-refractivity contribution is -0.153. The number of piperidine rings is 1. The summed E-state index contributed by atoms with van der Waals surface area (Å²) < 4.78 is 0. The van der Waals surface area contributed by atoms with Crippen molar-refractivity contribution in [1.29, 1.82) is 5.26 Å². The summed E-state index contributed by atoms with van der Waals surface area (Å²) in [5.41, 5.74) is 0.649. The number of hydrogen-bond donors (Lipinski definition) is 1. The first-order chi connectivity index (χ1) is 9.61. The predicted molar refractivity (Wildman–Crippen MR) is 73.8 cm³/mol. The fourth-order valence-electron chi connectivity index (χ4n) is 2.88. The van der Waals surface area contributed by atoms with E-state index < -0.39 is 11.4 Å². The molecule has 20 heavy (non-hydrogen) atoms. The van der Waals surface area contributed by atoms with Crippen molar-refractivity contribution in [1.82, 2.24) is 9.88 Å². The third-order valence-corrected chi connectivity index (χ3v) is 4.18. The molecule has 1 aromatic heterocycles. The Labute approximate surface area is 118 Å². The topological polar surface area (TPSA) is 77.2 Å². The van der Waals surface area contributed by atoms with Crippen molar-refractivity contribution < 1.29 is 9.90 Å². The zero-order chi connectivity index (χ0) is 14.6. The first-order valence-electron chi connectivity index (χ1n) is 6.91. The minimum absolute atomic E-state index is 0.426. The third kappa shape index (κ3) is 2.81. The molecule has 5 nitrogen and oxygen atoms in total. The number of hydrogen-bond acceptors (Lipinski definition) is 4. The summed E-state index contributed by atoms with van der Waals surface area (Å²) in [6.07, 6.45) is 3.85. The molecule has 106 valence electrons. The first kappa shape index (κ1) is 14.5. The van der Waals surface area contributed by atoms with Gasteiger partial charge in [0.15, 0.2) is 0 Å². The molecule has 0 amide bonds. The zero-order valence-corrected chi connectivity index (χ0v) is 11.7. The summed E-state index contributed by atoms with van der Waals surface area (Å²) in [5, 5.41) is 18.5. The Kier molecular flexibility index (Phi) is 4.35. The summed E-state index contributed by atoms with van der Waals surface area (Å²) in [6.45, 7) is 3.93. The molecular formula is C15H19N3O2. The van der Waals surface area contributed by atoms with Gasteiger partial charge in [0.1, 0.15) is 11.8 Å². The quantitative estimate of drug-likeness (QED) is 0.908. The zero-order valence-electron chi connectivity index (χ0n) is 11.7. The Bertz CT molecular complexity index is 538. The molecule has 2 heterocycles. The van der Waals surface area contributed by atoms with Gasteiger partial charge in [-0.1, -0.05) is 13.0 Å². The molecule has 0 spiro atoms. The second-order valence-electron chi connectivity index (χ2n) is 5.38. The van der Waals surface area contributed by atoms with Crippen molar-refractivity contribution >= 4 is 5.97 Å². The van der Waals surface area contributed by atoms with Crippen LogP contribution in [0, 0.1) is 16.7 Å². The average molecular weight is 273 g/mol. The SMILES string of the molecule is CCC1(C(=O)O)CCCN(Cc2cccnc2C#N)C1. The van der Waals surface area contributed by atoms with Crippen LogP contribution in [0.15, 0.2) is 18.3 Å². The Hall–Kier alpha value is -1.93. The van der Waals surface area contributed by atoms with E-state index in [0.29, 0.717) is 25.2 Å². The van der Waals surface area contributed by atoms with E-state index in [9.17, 15) is 9.90 Å². The van der Waals surface area contributed by atoms with E-state index in [1.807, 2.05) is 19.1 Å². The number of carboxylic acid groups (broad SMARTS) is 1. The van der Waals surface area contributed by atoms with Crippen LogP contribution in [0.25, 0.3) is 0 Å². The maximum Gasteiger partial charge on any atom is 0.310 e. The van der Waals surface area contributed by atoms with Gasteiger partial charge in [0, 0.05) is 24.8 Å². The molecule has 0 aromatic carbocycles. The lowest BCUT2D eigenvalue weighted by atomic mass is 9.77. The monoisotopic (exact) mass is 273 g/mol. The predicted octanol–water partition coefficient (Wildman–Crippen LogP) is 2.03. The van der Waals surface area contributed by atoms with E-state index in [2.05, 4.69) is 16.0 Å². The Morgan fingerprint density at radius 1 is 1.65 bits per heavy atom. The van der Waals surface area contributed by atoms with Gasteiger partial charge in [-0.2, -0.15) is 5.26 Å². The van der Waals surface area contributed by atoms with Crippen LogP contribution in [-0.2, 0) is 11.3 Å². The van der Waals surface area contributed by atoms with Gasteiger partial charge in [-0.15, -0.1) is 0 Å². The van der Waals surface area contributed by atoms with Crippen LogP contribution in [-0.4, -0.2) is 34.0 Å². The van der Waals surface area contributed by atoms with Crippen LogP contribution in [0.4, 0.5) is 0 Å². The summed E-state index contributed by atoms with van der Waals surface area (Å²) in [7, 11) is 0. The molecule has 1 aromatic rings. The summed E-state index contributed by atoms with van der Waals surface area (Å²) in [4.78, 5) is 17.7. The maximum absolute atomic E-state index is 11.5. The maximum atomic E-state index is 11.5. The van der Waals surface area contributed by atoms with Gasteiger partial charge in [-0.25, -0.2) is 4.98 Å².